The molecule has 0 amide bonds. The molecule has 2 aliphatic heterocycles. The lowest BCUT2D eigenvalue weighted by atomic mass is 9.79. The van der Waals surface area contributed by atoms with Crippen LogP contribution < -0.4 is 15.8 Å². The van der Waals surface area contributed by atoms with Gasteiger partial charge in [0.2, 0.25) is 0 Å². The summed E-state index contributed by atoms with van der Waals surface area (Å²) in [7, 11) is -0.390. The number of pyridine rings is 1. The van der Waals surface area contributed by atoms with E-state index in [2.05, 4.69) is 69.2 Å². The monoisotopic (exact) mass is 553 g/mol. The van der Waals surface area contributed by atoms with Crippen LogP contribution in [0.3, 0.4) is 0 Å². The largest absolute Gasteiger partial charge is 0.494 e. The third-order valence-corrected chi connectivity index (χ3v) is 9.05. The van der Waals surface area contributed by atoms with Crippen molar-refractivity contribution in [1.29, 1.82) is 0 Å². The number of fused-ring (bicyclic) bond motifs is 3. The van der Waals surface area contributed by atoms with E-state index < -0.39 is 0 Å². The topological polar surface area (TPSA) is 57.9 Å². The molecule has 0 radical (unpaired) electrons. The van der Waals surface area contributed by atoms with Gasteiger partial charge in [-0.15, -0.1) is 0 Å². The van der Waals surface area contributed by atoms with Crippen LogP contribution in [0.15, 0.2) is 71.7 Å². The molecule has 0 bridgehead atoms. The van der Waals surface area contributed by atoms with E-state index in [-0.39, 0.29) is 23.9 Å². The predicted octanol–water partition coefficient (Wildman–Crippen LogP) is 4.94. The Kier molecular flexibility index (Phi) is 7.13. The summed E-state index contributed by atoms with van der Waals surface area (Å²) in [5.41, 5.74) is 4.56. The second-order valence-corrected chi connectivity index (χ2v) is 12.6. The molecule has 0 N–H and O–H groups in total. The van der Waals surface area contributed by atoms with E-state index in [0.29, 0.717) is 18.4 Å². The fraction of sp³-hybridized carbons (Fsp3) is 0.424. The highest BCUT2D eigenvalue weighted by atomic mass is 16.7. The fourth-order valence-electron chi connectivity index (χ4n) is 5.73. The minimum atomic E-state index is -0.390. The predicted molar refractivity (Wildman–Crippen MR) is 164 cm³/mol. The molecule has 2 aliphatic rings. The standard InChI is InChI=1S/C33H40BN3O4/c1-23(2)35-15-13-28-20-25-19-27(11-12-30(25)36(28)18-17-35)37-16-14-29(21-31(37)38)39-22-24-7-9-26(10-8-24)34-40-32(3,4)33(5,6)41-34/h7-12,14,16,19-21,23H,13,15,17-18,22H2,1-6H3. The molecule has 4 aromatic rings. The number of rotatable bonds is 6. The smallest absolute Gasteiger partial charge is 0.489 e. The van der Waals surface area contributed by atoms with E-state index in [9.17, 15) is 4.79 Å². The first-order valence-corrected chi connectivity index (χ1v) is 14.7. The molecule has 0 atom stereocenters. The fourth-order valence-corrected chi connectivity index (χ4v) is 5.73. The number of hydrogen-bond acceptors (Lipinski definition) is 5. The van der Waals surface area contributed by atoms with Crippen LogP contribution in [0.1, 0.15) is 52.8 Å². The van der Waals surface area contributed by atoms with Crippen molar-refractivity contribution in [3.8, 4) is 11.4 Å². The van der Waals surface area contributed by atoms with Crippen LogP contribution in [0, 0.1) is 0 Å². The van der Waals surface area contributed by atoms with Crippen molar-refractivity contribution in [3.05, 3.63) is 88.5 Å². The third-order valence-electron chi connectivity index (χ3n) is 9.05. The van der Waals surface area contributed by atoms with E-state index in [0.717, 1.165) is 42.8 Å². The highest BCUT2D eigenvalue weighted by molar-refractivity contribution is 6.62. The van der Waals surface area contributed by atoms with Crippen molar-refractivity contribution in [1.82, 2.24) is 14.0 Å². The zero-order chi connectivity index (χ0) is 28.9. The molecular weight excluding hydrogens is 513 g/mol. The summed E-state index contributed by atoms with van der Waals surface area (Å²) in [6, 6.07) is 20.6. The molecule has 7 nitrogen and oxygen atoms in total. The number of benzene rings is 2. The quantitative estimate of drug-likeness (QED) is 0.317. The molecule has 2 aromatic heterocycles. The van der Waals surface area contributed by atoms with Crippen LogP contribution in [0.4, 0.5) is 0 Å². The van der Waals surface area contributed by atoms with Crippen LogP contribution >= 0.6 is 0 Å². The zero-order valence-corrected chi connectivity index (χ0v) is 25.0. The highest BCUT2D eigenvalue weighted by Crippen LogP contribution is 2.36. The maximum Gasteiger partial charge on any atom is 0.494 e. The van der Waals surface area contributed by atoms with Crippen LogP contribution in [0.25, 0.3) is 16.6 Å². The summed E-state index contributed by atoms with van der Waals surface area (Å²) < 4.78 is 22.4. The first kappa shape index (κ1) is 27.8. The molecule has 6 rings (SSSR count). The Morgan fingerprint density at radius 2 is 1.63 bits per heavy atom. The third kappa shape index (κ3) is 5.36. The SMILES string of the molecule is CC(C)N1CCc2cc3cc(-n4ccc(OCc5ccc(B6OC(C)(C)C(C)(C)O6)cc5)cc4=O)ccc3n2CC1. The zero-order valence-electron chi connectivity index (χ0n) is 25.0. The molecule has 1 saturated heterocycles. The van der Waals surface area contributed by atoms with E-state index in [1.807, 2.05) is 36.4 Å². The van der Waals surface area contributed by atoms with Crippen molar-refractivity contribution in [2.75, 3.05) is 13.1 Å². The van der Waals surface area contributed by atoms with Gasteiger partial charge >= 0.3 is 7.12 Å². The summed E-state index contributed by atoms with van der Waals surface area (Å²) in [5, 5.41) is 1.17. The Labute approximate surface area is 242 Å². The molecule has 8 heteroatoms. The van der Waals surface area contributed by atoms with Crippen LogP contribution in [0.5, 0.6) is 5.75 Å². The number of aromatic nitrogens is 2. The molecule has 0 aliphatic carbocycles. The Morgan fingerprint density at radius 1 is 0.902 bits per heavy atom. The molecule has 41 heavy (non-hydrogen) atoms. The van der Waals surface area contributed by atoms with Crippen molar-refractivity contribution in [2.24, 2.45) is 0 Å². The van der Waals surface area contributed by atoms with Crippen LogP contribution in [-0.4, -0.2) is 51.5 Å². The van der Waals surface area contributed by atoms with Crippen molar-refractivity contribution >= 4 is 23.5 Å². The average Bonchev–Trinajstić information content (AvgIpc) is 3.28. The number of ether oxygens (including phenoxy) is 1. The van der Waals surface area contributed by atoms with Crippen molar-refractivity contribution < 1.29 is 14.0 Å². The van der Waals surface area contributed by atoms with E-state index >= 15 is 0 Å². The van der Waals surface area contributed by atoms with E-state index in [4.69, 9.17) is 14.0 Å². The molecule has 0 spiro atoms. The molecule has 0 saturated carbocycles. The average molecular weight is 554 g/mol. The van der Waals surface area contributed by atoms with Gasteiger partial charge in [0, 0.05) is 66.6 Å². The Morgan fingerprint density at radius 3 is 2.32 bits per heavy atom. The first-order chi connectivity index (χ1) is 19.5. The first-order valence-electron chi connectivity index (χ1n) is 14.7. The lowest BCUT2D eigenvalue weighted by Crippen LogP contribution is -2.41. The molecule has 4 heterocycles. The summed E-state index contributed by atoms with van der Waals surface area (Å²) in [5.74, 6) is 0.549. The maximum absolute atomic E-state index is 13.1. The van der Waals surface area contributed by atoms with Crippen LogP contribution in [-0.2, 0) is 28.9 Å². The number of nitrogens with zero attached hydrogens (tertiary/aromatic N) is 3. The molecule has 1 fully saturated rings. The van der Waals surface area contributed by atoms with Gasteiger partial charge in [0.15, 0.2) is 0 Å². The van der Waals surface area contributed by atoms with Gasteiger partial charge in [-0.1, -0.05) is 24.3 Å². The summed E-state index contributed by atoms with van der Waals surface area (Å²) in [6.45, 7) is 16.2. The van der Waals surface area contributed by atoms with Crippen LogP contribution in [0.2, 0.25) is 0 Å². The minimum Gasteiger partial charge on any atom is -0.489 e. The molecule has 0 unspecified atom stereocenters. The van der Waals surface area contributed by atoms with Gasteiger partial charge in [-0.2, -0.15) is 0 Å². The highest BCUT2D eigenvalue weighted by Gasteiger charge is 2.51. The lowest BCUT2D eigenvalue weighted by Gasteiger charge is -2.32. The van der Waals surface area contributed by atoms with Gasteiger partial charge in [0.25, 0.3) is 5.56 Å². The minimum absolute atomic E-state index is 0.119. The number of hydrogen-bond donors (Lipinski definition) is 0. The second-order valence-electron chi connectivity index (χ2n) is 12.6. The molecule has 2 aromatic carbocycles. The lowest BCUT2D eigenvalue weighted by molar-refractivity contribution is 0.00578. The van der Waals surface area contributed by atoms with Gasteiger partial charge in [0.1, 0.15) is 12.4 Å². The Bertz CT molecular complexity index is 1600. The van der Waals surface area contributed by atoms with E-state index in [1.165, 1.54) is 16.6 Å². The van der Waals surface area contributed by atoms with Gasteiger partial charge in [-0.3, -0.25) is 14.3 Å². The summed E-state index contributed by atoms with van der Waals surface area (Å²) in [4.78, 5) is 15.6. The Balaban J connectivity index is 1.12. The summed E-state index contributed by atoms with van der Waals surface area (Å²) in [6.07, 6.45) is 2.83. The Hall–Kier alpha value is -3.33. The van der Waals surface area contributed by atoms with Crippen molar-refractivity contribution in [3.63, 3.8) is 0 Å². The van der Waals surface area contributed by atoms with E-state index in [1.54, 1.807) is 16.8 Å². The molecular formula is C33H40BN3O4. The van der Waals surface area contributed by atoms with Gasteiger partial charge in [-0.25, -0.2) is 0 Å². The molecule has 214 valence electrons. The second kappa shape index (κ2) is 10.5. The normalized spacial score (nSPS) is 18.6. The van der Waals surface area contributed by atoms with Gasteiger partial charge in [0.05, 0.1) is 11.2 Å². The summed E-state index contributed by atoms with van der Waals surface area (Å²) >= 11 is 0. The van der Waals surface area contributed by atoms with Crippen molar-refractivity contribution in [2.45, 2.75) is 78.4 Å². The maximum atomic E-state index is 13.1. The van der Waals surface area contributed by atoms with Gasteiger partial charge in [-0.05, 0) is 82.9 Å². The van der Waals surface area contributed by atoms with Gasteiger partial charge < -0.3 is 18.6 Å².